The predicted octanol–water partition coefficient (Wildman–Crippen LogP) is 2.67. The highest BCUT2D eigenvalue weighted by Crippen LogP contribution is 2.32. The van der Waals surface area contributed by atoms with Crippen molar-refractivity contribution in [3.05, 3.63) is 71.0 Å². The van der Waals surface area contributed by atoms with Crippen molar-refractivity contribution in [3.63, 3.8) is 0 Å². The van der Waals surface area contributed by atoms with E-state index in [1.54, 1.807) is 0 Å². The summed E-state index contributed by atoms with van der Waals surface area (Å²) in [6, 6.07) is 7.98. The van der Waals surface area contributed by atoms with Crippen LogP contribution < -0.4 is 11.1 Å². The molecule has 1 atom stereocenters. The van der Waals surface area contributed by atoms with Gasteiger partial charge in [-0.25, -0.2) is 4.39 Å². The molecule has 2 amide bonds. The predicted molar refractivity (Wildman–Crippen MR) is 82.0 cm³/mol. The van der Waals surface area contributed by atoms with Crippen LogP contribution in [0.15, 0.2) is 48.5 Å². The summed E-state index contributed by atoms with van der Waals surface area (Å²) in [5.74, 6) is -2.47. The van der Waals surface area contributed by atoms with Gasteiger partial charge in [-0.1, -0.05) is 24.3 Å². The lowest BCUT2D eigenvalue weighted by molar-refractivity contribution is -0.138. The fraction of sp³-hybridized carbons (Fsp3) is 0.176. The number of nitrogens with two attached hydrogens (primary N) is 1. The lowest BCUT2D eigenvalue weighted by Gasteiger charge is -2.18. The third-order valence-electron chi connectivity index (χ3n) is 3.48. The van der Waals surface area contributed by atoms with E-state index < -0.39 is 41.8 Å². The molecule has 132 valence electrons. The molecule has 8 heteroatoms. The standard InChI is InChI=1S/C17H14F4N2O2/c18-12-6-3-5-11(8-12)16(25)23-14(15(22)24)9-10-4-1-2-7-13(10)17(19,20)21/h1-8,14H,9H2,(H2,22,24)(H,23,25)/t14-/m1/s1. The topological polar surface area (TPSA) is 72.2 Å². The van der Waals surface area contributed by atoms with E-state index in [2.05, 4.69) is 5.32 Å². The Morgan fingerprint density at radius 3 is 2.36 bits per heavy atom. The van der Waals surface area contributed by atoms with Crippen LogP contribution in [0.2, 0.25) is 0 Å². The van der Waals surface area contributed by atoms with E-state index in [9.17, 15) is 27.2 Å². The summed E-state index contributed by atoms with van der Waals surface area (Å²) < 4.78 is 52.2. The van der Waals surface area contributed by atoms with E-state index >= 15 is 0 Å². The number of alkyl halides is 3. The molecule has 25 heavy (non-hydrogen) atoms. The minimum absolute atomic E-state index is 0.0737. The maximum Gasteiger partial charge on any atom is 0.416 e. The van der Waals surface area contributed by atoms with Gasteiger partial charge in [-0.15, -0.1) is 0 Å². The van der Waals surface area contributed by atoms with Crippen molar-refractivity contribution in [2.24, 2.45) is 5.73 Å². The molecular formula is C17H14F4N2O2. The highest BCUT2D eigenvalue weighted by molar-refractivity contribution is 5.97. The third-order valence-corrected chi connectivity index (χ3v) is 3.48. The Labute approximate surface area is 140 Å². The monoisotopic (exact) mass is 354 g/mol. The molecule has 0 heterocycles. The molecule has 3 N–H and O–H groups in total. The Bertz CT molecular complexity index is 790. The van der Waals surface area contributed by atoms with Crippen molar-refractivity contribution in [3.8, 4) is 0 Å². The molecule has 0 spiro atoms. The molecule has 0 saturated heterocycles. The number of carbonyl (C=O) groups excluding carboxylic acids is 2. The number of hydrogen-bond acceptors (Lipinski definition) is 2. The smallest absolute Gasteiger partial charge is 0.368 e. The zero-order valence-corrected chi connectivity index (χ0v) is 12.8. The van der Waals surface area contributed by atoms with E-state index in [1.165, 1.54) is 30.3 Å². The Kier molecular flexibility index (Phi) is 5.41. The average Bonchev–Trinajstić information content (AvgIpc) is 2.53. The van der Waals surface area contributed by atoms with Crippen LogP contribution in [0.3, 0.4) is 0 Å². The first-order chi connectivity index (χ1) is 11.7. The maximum atomic E-state index is 13.2. The third kappa shape index (κ3) is 4.79. The first kappa shape index (κ1) is 18.4. The quantitative estimate of drug-likeness (QED) is 0.811. The number of halogens is 4. The summed E-state index contributed by atoms with van der Waals surface area (Å²) in [6.45, 7) is 0. The number of nitrogens with one attached hydrogen (secondary N) is 1. The zero-order valence-electron chi connectivity index (χ0n) is 12.8. The lowest BCUT2D eigenvalue weighted by atomic mass is 9.99. The van der Waals surface area contributed by atoms with Gasteiger partial charge in [0.15, 0.2) is 0 Å². The zero-order chi connectivity index (χ0) is 18.6. The van der Waals surface area contributed by atoms with Gasteiger partial charge in [0.2, 0.25) is 5.91 Å². The highest BCUT2D eigenvalue weighted by atomic mass is 19.4. The molecule has 0 saturated carbocycles. The molecule has 2 rings (SSSR count). The Morgan fingerprint density at radius 1 is 1.08 bits per heavy atom. The summed E-state index contributed by atoms with van der Waals surface area (Å²) in [4.78, 5) is 23.6. The van der Waals surface area contributed by atoms with Gasteiger partial charge < -0.3 is 11.1 Å². The van der Waals surface area contributed by atoms with Crippen LogP contribution in [0.4, 0.5) is 17.6 Å². The van der Waals surface area contributed by atoms with Crippen molar-refractivity contribution >= 4 is 11.8 Å². The fourth-order valence-electron chi connectivity index (χ4n) is 2.29. The maximum absolute atomic E-state index is 13.2. The Morgan fingerprint density at radius 2 is 1.76 bits per heavy atom. The van der Waals surface area contributed by atoms with Gasteiger partial charge in [0.25, 0.3) is 5.91 Å². The number of hydrogen-bond donors (Lipinski definition) is 2. The van der Waals surface area contributed by atoms with Crippen LogP contribution in [0.5, 0.6) is 0 Å². The van der Waals surface area contributed by atoms with E-state index in [-0.39, 0.29) is 11.1 Å². The SMILES string of the molecule is NC(=O)[C@@H](Cc1ccccc1C(F)(F)F)NC(=O)c1cccc(F)c1. The Balaban J connectivity index is 2.23. The van der Waals surface area contributed by atoms with Crippen molar-refractivity contribution in [2.45, 2.75) is 18.6 Å². The molecular weight excluding hydrogens is 340 g/mol. The molecule has 0 aliphatic carbocycles. The van der Waals surface area contributed by atoms with E-state index in [4.69, 9.17) is 5.73 Å². The number of carbonyl (C=O) groups is 2. The first-order valence-electron chi connectivity index (χ1n) is 7.19. The van der Waals surface area contributed by atoms with E-state index in [0.29, 0.717) is 0 Å². The van der Waals surface area contributed by atoms with Gasteiger partial charge in [-0.2, -0.15) is 13.2 Å². The molecule has 0 unspecified atom stereocenters. The molecule has 2 aromatic rings. The number of amides is 2. The summed E-state index contributed by atoms with van der Waals surface area (Å²) in [5.41, 5.74) is 4.02. The van der Waals surface area contributed by atoms with Crippen LogP contribution in [0.1, 0.15) is 21.5 Å². The first-order valence-corrected chi connectivity index (χ1v) is 7.19. The van der Waals surface area contributed by atoms with Gasteiger partial charge in [-0.3, -0.25) is 9.59 Å². The van der Waals surface area contributed by atoms with Gasteiger partial charge in [0, 0.05) is 12.0 Å². The van der Waals surface area contributed by atoms with Crippen LogP contribution >= 0.6 is 0 Å². The molecule has 0 radical (unpaired) electrons. The highest BCUT2D eigenvalue weighted by Gasteiger charge is 2.34. The van der Waals surface area contributed by atoms with Crippen LogP contribution in [0, 0.1) is 5.82 Å². The van der Waals surface area contributed by atoms with Crippen LogP contribution in [-0.4, -0.2) is 17.9 Å². The molecule has 0 bridgehead atoms. The summed E-state index contributed by atoms with van der Waals surface area (Å²) in [5, 5.41) is 2.24. The second-order valence-electron chi connectivity index (χ2n) is 5.30. The molecule has 4 nitrogen and oxygen atoms in total. The van der Waals surface area contributed by atoms with Crippen molar-refractivity contribution < 1.29 is 27.2 Å². The number of primary amides is 1. The van der Waals surface area contributed by atoms with Crippen LogP contribution in [0.25, 0.3) is 0 Å². The fourth-order valence-corrected chi connectivity index (χ4v) is 2.29. The van der Waals surface area contributed by atoms with Crippen molar-refractivity contribution in [1.82, 2.24) is 5.32 Å². The van der Waals surface area contributed by atoms with Gasteiger partial charge in [0.1, 0.15) is 11.9 Å². The van der Waals surface area contributed by atoms with E-state index in [1.807, 2.05) is 0 Å². The summed E-state index contributed by atoms with van der Waals surface area (Å²) in [6.07, 6.45) is -5.04. The van der Waals surface area contributed by atoms with Crippen molar-refractivity contribution in [2.75, 3.05) is 0 Å². The molecule has 0 aliphatic heterocycles. The minimum Gasteiger partial charge on any atom is -0.368 e. The Hall–Kier alpha value is -2.90. The summed E-state index contributed by atoms with van der Waals surface area (Å²) in [7, 11) is 0. The lowest BCUT2D eigenvalue weighted by Crippen LogP contribution is -2.46. The van der Waals surface area contributed by atoms with Gasteiger partial charge >= 0.3 is 6.18 Å². The molecule has 0 aromatic heterocycles. The number of rotatable bonds is 5. The normalized spacial score (nSPS) is 12.5. The molecule has 0 fully saturated rings. The van der Waals surface area contributed by atoms with Crippen LogP contribution in [-0.2, 0) is 17.4 Å². The van der Waals surface area contributed by atoms with Gasteiger partial charge in [0.05, 0.1) is 5.56 Å². The molecule has 0 aliphatic rings. The average molecular weight is 354 g/mol. The summed E-state index contributed by atoms with van der Waals surface area (Å²) >= 11 is 0. The molecule has 2 aromatic carbocycles. The van der Waals surface area contributed by atoms with Gasteiger partial charge in [-0.05, 0) is 29.8 Å². The minimum atomic E-state index is -4.61. The largest absolute Gasteiger partial charge is 0.416 e. The number of benzene rings is 2. The van der Waals surface area contributed by atoms with E-state index in [0.717, 1.165) is 18.2 Å². The second kappa shape index (κ2) is 7.33. The second-order valence-corrected chi connectivity index (χ2v) is 5.30. The van der Waals surface area contributed by atoms with Crippen molar-refractivity contribution in [1.29, 1.82) is 0 Å².